The molecular weight excluding hydrogens is 338 g/mol. The molecule has 0 unspecified atom stereocenters. The third-order valence-electron chi connectivity index (χ3n) is 3.16. The third kappa shape index (κ3) is 4.79. The van der Waals surface area contributed by atoms with Gasteiger partial charge in [0, 0.05) is 11.6 Å². The molecule has 0 atom stereocenters. The molecule has 23 heavy (non-hydrogen) atoms. The van der Waals surface area contributed by atoms with Gasteiger partial charge in [-0.1, -0.05) is 29.8 Å². The number of benzene rings is 2. The molecule has 5 nitrogen and oxygen atoms in total. The standard InChI is InChI=1S/C16H16ClNO4S/c1-22-16(19)13-5-3-7-15(11-13)23(20,21)18-9-8-12-4-2-6-14(17)10-12/h2-7,10-11,18H,8-9H2,1H3. The minimum absolute atomic E-state index is 0.0199. The average Bonchev–Trinajstić information content (AvgIpc) is 2.54. The summed E-state index contributed by atoms with van der Waals surface area (Å²) >= 11 is 5.89. The van der Waals surface area contributed by atoms with Crippen LogP contribution in [0.1, 0.15) is 15.9 Å². The number of halogens is 1. The van der Waals surface area contributed by atoms with E-state index in [1.165, 1.54) is 31.4 Å². The minimum Gasteiger partial charge on any atom is -0.465 e. The lowest BCUT2D eigenvalue weighted by Crippen LogP contribution is -2.26. The summed E-state index contributed by atoms with van der Waals surface area (Å²) in [4.78, 5) is 11.5. The van der Waals surface area contributed by atoms with Crippen LogP contribution in [0.25, 0.3) is 0 Å². The van der Waals surface area contributed by atoms with Gasteiger partial charge in [-0.3, -0.25) is 0 Å². The van der Waals surface area contributed by atoms with Crippen molar-refractivity contribution in [2.24, 2.45) is 0 Å². The summed E-state index contributed by atoms with van der Waals surface area (Å²) in [6.45, 7) is 0.227. The summed E-state index contributed by atoms with van der Waals surface area (Å²) in [5.74, 6) is -0.582. The minimum atomic E-state index is -3.70. The van der Waals surface area contributed by atoms with Crippen LogP contribution in [0.2, 0.25) is 5.02 Å². The summed E-state index contributed by atoms with van der Waals surface area (Å²) in [6, 6.07) is 12.9. The van der Waals surface area contributed by atoms with Crippen LogP contribution in [0.4, 0.5) is 0 Å². The monoisotopic (exact) mass is 353 g/mol. The van der Waals surface area contributed by atoms with E-state index in [4.69, 9.17) is 11.6 Å². The fraction of sp³-hybridized carbons (Fsp3) is 0.188. The fourth-order valence-corrected chi connectivity index (χ4v) is 3.30. The molecule has 122 valence electrons. The van der Waals surface area contributed by atoms with E-state index in [1.54, 1.807) is 12.1 Å². The summed E-state index contributed by atoms with van der Waals surface area (Å²) in [7, 11) is -2.45. The highest BCUT2D eigenvalue weighted by Crippen LogP contribution is 2.13. The van der Waals surface area contributed by atoms with E-state index in [2.05, 4.69) is 9.46 Å². The Morgan fingerprint density at radius 3 is 2.61 bits per heavy atom. The Bertz CT molecular complexity index is 805. The molecule has 0 heterocycles. The molecule has 0 aromatic heterocycles. The van der Waals surface area contributed by atoms with Gasteiger partial charge in [0.25, 0.3) is 0 Å². The summed E-state index contributed by atoms with van der Waals surface area (Å²) < 4.78 is 31.6. The molecule has 0 fully saturated rings. The van der Waals surface area contributed by atoms with Crippen LogP contribution in [0.5, 0.6) is 0 Å². The lowest BCUT2D eigenvalue weighted by atomic mass is 10.2. The molecule has 1 N–H and O–H groups in total. The lowest BCUT2D eigenvalue weighted by molar-refractivity contribution is 0.0600. The molecule has 0 radical (unpaired) electrons. The third-order valence-corrected chi connectivity index (χ3v) is 4.85. The van der Waals surface area contributed by atoms with Gasteiger partial charge < -0.3 is 4.74 Å². The Balaban J connectivity index is 2.05. The second-order valence-electron chi connectivity index (χ2n) is 4.80. The molecule has 0 bridgehead atoms. The zero-order valence-electron chi connectivity index (χ0n) is 12.5. The molecule has 0 spiro atoms. The number of sulfonamides is 1. The molecule has 0 saturated heterocycles. The lowest BCUT2D eigenvalue weighted by Gasteiger charge is -2.08. The van der Waals surface area contributed by atoms with Gasteiger partial charge in [-0.2, -0.15) is 0 Å². The van der Waals surface area contributed by atoms with Crippen LogP contribution >= 0.6 is 11.6 Å². The Morgan fingerprint density at radius 1 is 1.17 bits per heavy atom. The van der Waals surface area contributed by atoms with Gasteiger partial charge in [0.1, 0.15) is 0 Å². The maximum atomic E-state index is 12.3. The van der Waals surface area contributed by atoms with Crippen molar-refractivity contribution in [1.82, 2.24) is 4.72 Å². The number of carbonyl (C=O) groups is 1. The summed E-state index contributed by atoms with van der Waals surface area (Å²) in [5.41, 5.74) is 1.12. The van der Waals surface area contributed by atoms with Crippen molar-refractivity contribution < 1.29 is 17.9 Å². The summed E-state index contributed by atoms with van der Waals surface area (Å²) in [6.07, 6.45) is 0.510. The molecule has 0 aliphatic carbocycles. The maximum absolute atomic E-state index is 12.3. The normalized spacial score (nSPS) is 11.2. The fourth-order valence-electron chi connectivity index (χ4n) is 2.01. The van der Waals surface area contributed by atoms with Crippen molar-refractivity contribution in [2.75, 3.05) is 13.7 Å². The molecule has 0 saturated carbocycles. The first-order valence-corrected chi connectivity index (χ1v) is 8.71. The van der Waals surface area contributed by atoms with E-state index in [0.717, 1.165) is 5.56 Å². The largest absolute Gasteiger partial charge is 0.465 e. The van der Waals surface area contributed by atoms with Gasteiger partial charge in [0.15, 0.2) is 0 Å². The van der Waals surface area contributed by atoms with E-state index in [1.807, 2.05) is 12.1 Å². The zero-order chi connectivity index (χ0) is 16.9. The predicted octanol–water partition coefficient (Wildman–Crippen LogP) is 2.65. The van der Waals surface area contributed by atoms with Crippen LogP contribution in [-0.4, -0.2) is 28.0 Å². The number of ether oxygens (including phenoxy) is 1. The van der Waals surface area contributed by atoms with Crippen LogP contribution < -0.4 is 4.72 Å². The van der Waals surface area contributed by atoms with Gasteiger partial charge in [0.2, 0.25) is 10.0 Å². The van der Waals surface area contributed by atoms with Crippen molar-refractivity contribution in [2.45, 2.75) is 11.3 Å². The molecule has 2 aromatic rings. The Kier molecular flexibility index (Phi) is 5.76. The molecule has 0 aliphatic rings. The molecule has 0 amide bonds. The van der Waals surface area contributed by atoms with Crippen molar-refractivity contribution in [3.8, 4) is 0 Å². The van der Waals surface area contributed by atoms with Crippen LogP contribution in [0.15, 0.2) is 53.4 Å². The summed E-state index contributed by atoms with van der Waals surface area (Å²) in [5, 5.41) is 0.608. The number of hydrogen-bond acceptors (Lipinski definition) is 4. The van der Waals surface area contributed by atoms with E-state index < -0.39 is 16.0 Å². The van der Waals surface area contributed by atoms with Gasteiger partial charge >= 0.3 is 5.97 Å². The predicted molar refractivity (Wildman–Crippen MR) is 88.1 cm³/mol. The Morgan fingerprint density at radius 2 is 1.91 bits per heavy atom. The van der Waals surface area contributed by atoms with E-state index in [9.17, 15) is 13.2 Å². The highest BCUT2D eigenvalue weighted by atomic mass is 35.5. The average molecular weight is 354 g/mol. The first-order chi connectivity index (χ1) is 10.9. The van der Waals surface area contributed by atoms with Crippen molar-refractivity contribution >= 4 is 27.6 Å². The van der Waals surface area contributed by atoms with Crippen LogP contribution in [-0.2, 0) is 21.2 Å². The van der Waals surface area contributed by atoms with Gasteiger partial charge in [0.05, 0.1) is 17.6 Å². The maximum Gasteiger partial charge on any atom is 0.337 e. The van der Waals surface area contributed by atoms with Gasteiger partial charge in [-0.05, 0) is 42.3 Å². The zero-order valence-corrected chi connectivity index (χ0v) is 14.0. The molecule has 2 aromatic carbocycles. The Labute approximate surface area is 140 Å². The quantitative estimate of drug-likeness (QED) is 0.810. The molecule has 0 aliphatic heterocycles. The van der Waals surface area contributed by atoms with Crippen LogP contribution in [0.3, 0.4) is 0 Å². The van der Waals surface area contributed by atoms with E-state index in [-0.39, 0.29) is 17.0 Å². The number of rotatable bonds is 6. The second kappa shape index (κ2) is 7.59. The first-order valence-electron chi connectivity index (χ1n) is 6.85. The van der Waals surface area contributed by atoms with Crippen LogP contribution in [0, 0.1) is 0 Å². The first kappa shape index (κ1) is 17.5. The smallest absolute Gasteiger partial charge is 0.337 e. The molecular formula is C16H16ClNO4S. The van der Waals surface area contributed by atoms with Gasteiger partial charge in [-0.25, -0.2) is 17.9 Å². The number of carbonyl (C=O) groups excluding carboxylic acids is 1. The Hall–Kier alpha value is -1.89. The topological polar surface area (TPSA) is 72.5 Å². The highest BCUT2D eigenvalue weighted by molar-refractivity contribution is 7.89. The highest BCUT2D eigenvalue weighted by Gasteiger charge is 2.16. The van der Waals surface area contributed by atoms with E-state index >= 15 is 0 Å². The van der Waals surface area contributed by atoms with E-state index in [0.29, 0.717) is 11.4 Å². The number of hydrogen-bond donors (Lipinski definition) is 1. The molecule has 2 rings (SSSR count). The molecule has 7 heteroatoms. The number of nitrogens with one attached hydrogen (secondary N) is 1. The van der Waals surface area contributed by atoms with Crippen molar-refractivity contribution in [1.29, 1.82) is 0 Å². The number of methoxy groups -OCH3 is 1. The van der Waals surface area contributed by atoms with Crippen molar-refractivity contribution in [3.63, 3.8) is 0 Å². The second-order valence-corrected chi connectivity index (χ2v) is 7.00. The SMILES string of the molecule is COC(=O)c1cccc(S(=O)(=O)NCCc2cccc(Cl)c2)c1. The van der Waals surface area contributed by atoms with Crippen molar-refractivity contribution in [3.05, 3.63) is 64.7 Å². The number of esters is 1. The van der Waals surface area contributed by atoms with Gasteiger partial charge in [-0.15, -0.1) is 0 Å².